The zero-order valence-corrected chi connectivity index (χ0v) is 8.11. The van der Waals surface area contributed by atoms with E-state index in [1.54, 1.807) is 0 Å². The van der Waals surface area contributed by atoms with E-state index in [1.165, 1.54) is 0 Å². The van der Waals surface area contributed by atoms with Crippen LogP contribution >= 0.6 is 0 Å². The lowest BCUT2D eigenvalue weighted by Gasteiger charge is -2.35. The van der Waals surface area contributed by atoms with Crippen LogP contribution in [0.1, 0.15) is 26.7 Å². The minimum absolute atomic E-state index is 0.00131. The molecule has 0 spiro atoms. The maximum Gasteiger partial charge on any atom is 0.224 e. The van der Waals surface area contributed by atoms with E-state index in [1.807, 2.05) is 7.05 Å². The fourth-order valence-electron chi connectivity index (χ4n) is 1.61. The summed E-state index contributed by atoms with van der Waals surface area (Å²) in [4.78, 5) is 11.4. The Kier molecular flexibility index (Phi) is 2.73. The molecule has 0 aromatic heterocycles. The number of hydrogen-bond acceptors (Lipinski definition) is 2. The molecule has 0 aromatic rings. The Morgan fingerprint density at radius 3 is 2.83 bits per heavy atom. The number of hydrogen-bond donors (Lipinski definition) is 2. The number of amides is 1. The highest BCUT2D eigenvalue weighted by atomic mass is 16.2. The molecule has 0 aromatic carbocycles. The molecule has 1 saturated heterocycles. The summed E-state index contributed by atoms with van der Waals surface area (Å²) >= 11 is 0. The van der Waals surface area contributed by atoms with Gasteiger partial charge in [-0.1, -0.05) is 0 Å². The van der Waals surface area contributed by atoms with Crippen LogP contribution in [0.2, 0.25) is 0 Å². The molecule has 0 bridgehead atoms. The molecule has 3 nitrogen and oxygen atoms in total. The zero-order valence-electron chi connectivity index (χ0n) is 8.11. The Hall–Kier alpha value is -0.570. The molecule has 0 aliphatic carbocycles. The van der Waals surface area contributed by atoms with Crippen molar-refractivity contribution in [1.82, 2.24) is 10.6 Å². The van der Waals surface area contributed by atoms with E-state index in [0.29, 0.717) is 0 Å². The van der Waals surface area contributed by atoms with E-state index >= 15 is 0 Å². The van der Waals surface area contributed by atoms with Gasteiger partial charge in [-0.25, -0.2) is 0 Å². The van der Waals surface area contributed by atoms with Gasteiger partial charge in [0, 0.05) is 12.1 Å². The van der Waals surface area contributed by atoms with Crippen molar-refractivity contribution in [2.24, 2.45) is 5.92 Å². The molecule has 0 radical (unpaired) electrons. The molecule has 2 N–H and O–H groups in total. The maximum absolute atomic E-state index is 11.4. The van der Waals surface area contributed by atoms with Gasteiger partial charge in [-0.05, 0) is 33.7 Å². The second-order valence-corrected chi connectivity index (χ2v) is 4.17. The van der Waals surface area contributed by atoms with Gasteiger partial charge in [-0.15, -0.1) is 0 Å². The third-order valence-electron chi connectivity index (χ3n) is 2.40. The van der Waals surface area contributed by atoms with E-state index in [9.17, 15) is 4.79 Å². The normalized spacial score (nSPS) is 28.2. The molecule has 1 amide bonds. The van der Waals surface area contributed by atoms with Crippen LogP contribution in [0.15, 0.2) is 0 Å². The first kappa shape index (κ1) is 9.52. The topological polar surface area (TPSA) is 41.1 Å². The van der Waals surface area contributed by atoms with Crippen LogP contribution in [0.25, 0.3) is 0 Å². The van der Waals surface area contributed by atoms with Gasteiger partial charge in [0.2, 0.25) is 5.91 Å². The van der Waals surface area contributed by atoms with Crippen LogP contribution in [0.3, 0.4) is 0 Å². The van der Waals surface area contributed by atoms with Crippen LogP contribution < -0.4 is 10.6 Å². The first-order valence-electron chi connectivity index (χ1n) is 4.52. The Bertz CT molecular complexity index is 177. The molecule has 1 unspecified atom stereocenters. The number of carbonyl (C=O) groups excluding carboxylic acids is 1. The average Bonchev–Trinajstić information content (AvgIpc) is 1.94. The molecule has 1 rings (SSSR count). The summed E-state index contributed by atoms with van der Waals surface area (Å²) in [5, 5.41) is 6.05. The van der Waals surface area contributed by atoms with Gasteiger partial charge in [0.1, 0.15) is 0 Å². The third-order valence-corrected chi connectivity index (χ3v) is 2.40. The third kappa shape index (κ3) is 2.21. The fourth-order valence-corrected chi connectivity index (χ4v) is 1.61. The summed E-state index contributed by atoms with van der Waals surface area (Å²) in [5.41, 5.74) is 0.00131. The van der Waals surface area contributed by atoms with E-state index < -0.39 is 0 Å². The number of piperidine rings is 1. The lowest BCUT2D eigenvalue weighted by Crippen LogP contribution is -2.52. The number of carbonyl (C=O) groups is 1. The van der Waals surface area contributed by atoms with Gasteiger partial charge in [0.25, 0.3) is 0 Å². The largest absolute Gasteiger partial charge is 0.351 e. The molecule has 1 aliphatic heterocycles. The Morgan fingerprint density at radius 1 is 1.67 bits per heavy atom. The zero-order chi connectivity index (χ0) is 9.19. The molecule has 1 atom stereocenters. The monoisotopic (exact) mass is 170 g/mol. The standard InChI is InChI=1S/C9H18N2O/c1-9(2)5-4-7(6-10-3)8(12)11-9/h7,10H,4-6H2,1-3H3,(H,11,12). The molecule has 1 fully saturated rings. The van der Waals surface area contributed by atoms with Crippen molar-refractivity contribution in [2.75, 3.05) is 13.6 Å². The second-order valence-electron chi connectivity index (χ2n) is 4.17. The van der Waals surface area contributed by atoms with Crippen molar-refractivity contribution in [1.29, 1.82) is 0 Å². The van der Waals surface area contributed by atoms with Crippen molar-refractivity contribution < 1.29 is 4.79 Å². The fraction of sp³-hybridized carbons (Fsp3) is 0.889. The SMILES string of the molecule is CNCC1CCC(C)(C)NC1=O. The molecule has 1 aliphatic rings. The van der Waals surface area contributed by atoms with Crippen LogP contribution in [0, 0.1) is 5.92 Å². The Labute approximate surface area is 73.9 Å². The van der Waals surface area contributed by atoms with Gasteiger partial charge in [-0.3, -0.25) is 4.79 Å². The van der Waals surface area contributed by atoms with Crippen LogP contribution in [-0.4, -0.2) is 25.0 Å². The first-order chi connectivity index (χ1) is 5.55. The summed E-state index contributed by atoms with van der Waals surface area (Å²) in [5.74, 6) is 0.364. The maximum atomic E-state index is 11.4. The summed E-state index contributed by atoms with van der Waals surface area (Å²) in [6.45, 7) is 4.93. The number of nitrogens with one attached hydrogen (secondary N) is 2. The smallest absolute Gasteiger partial charge is 0.224 e. The molecular formula is C9H18N2O. The highest BCUT2D eigenvalue weighted by molar-refractivity contribution is 5.80. The van der Waals surface area contributed by atoms with Gasteiger partial charge >= 0.3 is 0 Å². The van der Waals surface area contributed by atoms with Gasteiger partial charge in [0.15, 0.2) is 0 Å². The predicted octanol–water partition coefficient (Wildman–Crippen LogP) is 0.511. The lowest BCUT2D eigenvalue weighted by molar-refractivity contribution is -0.129. The predicted molar refractivity (Wildman–Crippen MR) is 48.9 cm³/mol. The minimum atomic E-state index is 0.00131. The van der Waals surface area contributed by atoms with Crippen molar-refractivity contribution in [3.63, 3.8) is 0 Å². The van der Waals surface area contributed by atoms with Crippen LogP contribution in [0.4, 0.5) is 0 Å². The summed E-state index contributed by atoms with van der Waals surface area (Å²) in [7, 11) is 1.88. The quantitative estimate of drug-likeness (QED) is 0.634. The second kappa shape index (κ2) is 3.44. The molecule has 12 heavy (non-hydrogen) atoms. The Morgan fingerprint density at radius 2 is 2.33 bits per heavy atom. The van der Waals surface area contributed by atoms with Crippen LogP contribution in [-0.2, 0) is 4.79 Å². The van der Waals surface area contributed by atoms with E-state index in [0.717, 1.165) is 19.4 Å². The average molecular weight is 170 g/mol. The first-order valence-corrected chi connectivity index (χ1v) is 4.52. The molecular weight excluding hydrogens is 152 g/mol. The molecule has 1 heterocycles. The van der Waals surface area contributed by atoms with Crippen molar-refractivity contribution in [3.05, 3.63) is 0 Å². The summed E-state index contributed by atoms with van der Waals surface area (Å²) in [6, 6.07) is 0. The van der Waals surface area contributed by atoms with Crippen molar-refractivity contribution >= 4 is 5.91 Å². The molecule has 3 heteroatoms. The van der Waals surface area contributed by atoms with E-state index in [4.69, 9.17) is 0 Å². The molecule has 70 valence electrons. The van der Waals surface area contributed by atoms with Crippen molar-refractivity contribution in [2.45, 2.75) is 32.2 Å². The summed E-state index contributed by atoms with van der Waals surface area (Å²) in [6.07, 6.45) is 2.07. The highest BCUT2D eigenvalue weighted by Crippen LogP contribution is 2.22. The van der Waals surface area contributed by atoms with E-state index in [-0.39, 0.29) is 17.4 Å². The van der Waals surface area contributed by atoms with Crippen molar-refractivity contribution in [3.8, 4) is 0 Å². The van der Waals surface area contributed by atoms with Crippen LogP contribution in [0.5, 0.6) is 0 Å². The summed E-state index contributed by atoms with van der Waals surface area (Å²) < 4.78 is 0. The van der Waals surface area contributed by atoms with E-state index in [2.05, 4.69) is 24.5 Å². The number of rotatable bonds is 2. The van der Waals surface area contributed by atoms with Gasteiger partial charge in [0.05, 0.1) is 5.92 Å². The Balaban J connectivity index is 2.48. The molecule has 0 saturated carbocycles. The van der Waals surface area contributed by atoms with Gasteiger partial charge < -0.3 is 10.6 Å². The van der Waals surface area contributed by atoms with Gasteiger partial charge in [-0.2, -0.15) is 0 Å². The lowest BCUT2D eigenvalue weighted by atomic mass is 9.86. The minimum Gasteiger partial charge on any atom is -0.351 e. The highest BCUT2D eigenvalue weighted by Gasteiger charge is 2.31.